The molecule has 1 aliphatic rings. The third kappa shape index (κ3) is 1.95. The fourth-order valence-electron chi connectivity index (χ4n) is 2.91. The Hall–Kier alpha value is -2.03. The van der Waals surface area contributed by atoms with Crippen molar-refractivity contribution < 1.29 is 4.57 Å². The SMILES string of the molecule is CB1c2ccccc2C=C(C)N1c1cccc[n+]1C. The van der Waals surface area contributed by atoms with Gasteiger partial charge in [0, 0.05) is 6.07 Å². The normalized spacial score (nSPS) is 14.2. The van der Waals surface area contributed by atoms with Crippen molar-refractivity contribution in [3.8, 4) is 0 Å². The average Bonchev–Trinajstić information content (AvgIpc) is 2.41. The summed E-state index contributed by atoms with van der Waals surface area (Å²) in [5.74, 6) is 1.22. The Labute approximate surface area is 115 Å². The van der Waals surface area contributed by atoms with Gasteiger partial charge in [-0.1, -0.05) is 30.3 Å². The average molecular weight is 249 g/mol. The number of aromatic nitrogens is 1. The Morgan fingerprint density at radius 1 is 1.05 bits per heavy atom. The maximum absolute atomic E-state index is 2.39. The third-order valence-electron chi connectivity index (χ3n) is 3.85. The van der Waals surface area contributed by atoms with E-state index in [0.29, 0.717) is 6.85 Å². The highest BCUT2D eigenvalue weighted by molar-refractivity contribution is 6.77. The van der Waals surface area contributed by atoms with Crippen LogP contribution >= 0.6 is 0 Å². The van der Waals surface area contributed by atoms with Crippen molar-refractivity contribution in [2.24, 2.45) is 7.05 Å². The van der Waals surface area contributed by atoms with Crippen LogP contribution in [-0.4, -0.2) is 6.85 Å². The molecule has 0 bridgehead atoms. The second-order valence-corrected chi connectivity index (χ2v) is 5.13. The predicted molar refractivity (Wildman–Crippen MR) is 81.4 cm³/mol. The number of aryl methyl sites for hydroxylation is 1. The van der Waals surface area contributed by atoms with Gasteiger partial charge in [0.15, 0.2) is 0 Å². The summed E-state index contributed by atoms with van der Waals surface area (Å²) < 4.78 is 2.17. The largest absolute Gasteiger partial charge is 0.409 e. The highest BCUT2D eigenvalue weighted by Gasteiger charge is 2.35. The van der Waals surface area contributed by atoms with Gasteiger partial charge in [-0.25, -0.2) is 4.57 Å². The van der Waals surface area contributed by atoms with Gasteiger partial charge < -0.3 is 0 Å². The van der Waals surface area contributed by atoms with Crippen LogP contribution in [0.5, 0.6) is 0 Å². The van der Waals surface area contributed by atoms with Crippen molar-refractivity contribution in [2.75, 3.05) is 4.81 Å². The zero-order valence-electron chi connectivity index (χ0n) is 11.7. The van der Waals surface area contributed by atoms with E-state index < -0.39 is 0 Å². The van der Waals surface area contributed by atoms with E-state index in [1.165, 1.54) is 22.5 Å². The number of hydrogen-bond acceptors (Lipinski definition) is 1. The number of benzene rings is 1. The Morgan fingerprint density at radius 3 is 2.58 bits per heavy atom. The molecule has 0 spiro atoms. The molecule has 0 aliphatic carbocycles. The van der Waals surface area contributed by atoms with Gasteiger partial charge in [-0.2, -0.15) is 0 Å². The van der Waals surface area contributed by atoms with Gasteiger partial charge >= 0.3 is 6.85 Å². The number of nitrogens with zero attached hydrogens (tertiary/aromatic N) is 2. The minimum atomic E-state index is 0.356. The quantitative estimate of drug-likeness (QED) is 0.555. The fraction of sp³-hybridized carbons (Fsp3) is 0.188. The molecule has 0 radical (unpaired) electrons. The highest BCUT2D eigenvalue weighted by atomic mass is 15.2. The first kappa shape index (κ1) is 12.0. The number of fused-ring (bicyclic) bond motifs is 1. The van der Waals surface area contributed by atoms with Crippen molar-refractivity contribution >= 4 is 24.2 Å². The first-order valence-electron chi connectivity index (χ1n) is 6.69. The molecular formula is C16H18BN2+. The van der Waals surface area contributed by atoms with E-state index in [4.69, 9.17) is 0 Å². The summed E-state index contributed by atoms with van der Waals surface area (Å²) in [5.41, 5.74) is 4.01. The van der Waals surface area contributed by atoms with Crippen LogP contribution in [0.3, 0.4) is 0 Å². The molecule has 0 N–H and O–H groups in total. The van der Waals surface area contributed by atoms with Crippen molar-refractivity contribution in [3.05, 3.63) is 59.9 Å². The van der Waals surface area contributed by atoms with Crippen molar-refractivity contribution in [2.45, 2.75) is 13.7 Å². The van der Waals surface area contributed by atoms with Crippen LogP contribution in [0.2, 0.25) is 6.82 Å². The topological polar surface area (TPSA) is 7.12 Å². The van der Waals surface area contributed by atoms with E-state index in [1.807, 2.05) is 0 Å². The number of allylic oxidation sites excluding steroid dienone is 1. The van der Waals surface area contributed by atoms with E-state index in [2.05, 4.69) is 84.9 Å². The molecule has 3 heteroatoms. The predicted octanol–water partition coefficient (Wildman–Crippen LogP) is 2.22. The van der Waals surface area contributed by atoms with Gasteiger partial charge in [0.1, 0.15) is 0 Å². The minimum absolute atomic E-state index is 0.356. The Balaban J connectivity index is 2.13. The van der Waals surface area contributed by atoms with Crippen LogP contribution in [0.1, 0.15) is 12.5 Å². The molecule has 0 saturated heterocycles. The van der Waals surface area contributed by atoms with E-state index in [-0.39, 0.29) is 0 Å². The maximum Gasteiger partial charge on any atom is 0.409 e. The van der Waals surface area contributed by atoms with E-state index >= 15 is 0 Å². The first-order valence-corrected chi connectivity index (χ1v) is 6.69. The molecular weight excluding hydrogens is 231 g/mol. The van der Waals surface area contributed by atoms with Gasteiger partial charge in [-0.3, -0.25) is 4.81 Å². The molecule has 19 heavy (non-hydrogen) atoms. The van der Waals surface area contributed by atoms with Gasteiger partial charge in [0.25, 0.3) is 5.82 Å². The van der Waals surface area contributed by atoms with Crippen molar-refractivity contribution in [1.29, 1.82) is 0 Å². The zero-order chi connectivity index (χ0) is 13.4. The van der Waals surface area contributed by atoms with Crippen LogP contribution in [0.25, 0.3) is 6.08 Å². The summed E-state index contributed by atoms with van der Waals surface area (Å²) in [4.78, 5) is 2.39. The lowest BCUT2D eigenvalue weighted by molar-refractivity contribution is -0.658. The molecule has 0 unspecified atom stereocenters. The molecule has 0 amide bonds. The lowest BCUT2D eigenvalue weighted by Gasteiger charge is -2.28. The summed E-state index contributed by atoms with van der Waals surface area (Å²) in [5, 5.41) is 0. The zero-order valence-corrected chi connectivity index (χ0v) is 11.7. The standard InChI is InChI=1S/C16H18BN2/c1-13-12-14-8-4-5-9-15(14)17(2)19(13)16-10-6-7-11-18(16)3/h4-12H,1-3H3/q+1. The Kier molecular flexibility index (Phi) is 2.90. The molecule has 0 atom stereocenters. The summed E-state index contributed by atoms with van der Waals surface area (Å²) in [7, 11) is 2.09. The number of rotatable bonds is 1. The number of anilines is 1. The summed E-state index contributed by atoms with van der Waals surface area (Å²) in [6.45, 7) is 4.80. The van der Waals surface area contributed by atoms with Crippen LogP contribution in [0, 0.1) is 0 Å². The first-order chi connectivity index (χ1) is 9.18. The molecule has 3 rings (SSSR count). The second-order valence-electron chi connectivity index (χ2n) is 5.13. The molecule has 94 valence electrons. The third-order valence-corrected chi connectivity index (χ3v) is 3.85. The maximum atomic E-state index is 2.39. The molecule has 0 saturated carbocycles. The summed E-state index contributed by atoms with van der Waals surface area (Å²) in [6.07, 6.45) is 4.36. The Morgan fingerprint density at radius 2 is 1.79 bits per heavy atom. The van der Waals surface area contributed by atoms with Crippen LogP contribution < -0.4 is 14.8 Å². The van der Waals surface area contributed by atoms with Crippen LogP contribution in [0.15, 0.2) is 54.4 Å². The Bertz CT molecular complexity index is 649. The lowest BCUT2D eigenvalue weighted by Crippen LogP contribution is -2.52. The second kappa shape index (κ2) is 4.58. The minimum Gasteiger partial charge on any atom is -0.290 e. The molecule has 1 aromatic carbocycles. The van der Waals surface area contributed by atoms with Crippen LogP contribution in [-0.2, 0) is 7.05 Å². The van der Waals surface area contributed by atoms with Gasteiger partial charge in [0.05, 0.1) is 18.9 Å². The van der Waals surface area contributed by atoms with Crippen molar-refractivity contribution in [1.82, 2.24) is 0 Å². The van der Waals surface area contributed by atoms with E-state index in [9.17, 15) is 0 Å². The molecule has 1 aromatic heterocycles. The smallest absolute Gasteiger partial charge is 0.290 e. The molecule has 2 aromatic rings. The van der Waals surface area contributed by atoms with E-state index in [1.54, 1.807) is 0 Å². The van der Waals surface area contributed by atoms with Crippen LogP contribution in [0.4, 0.5) is 5.82 Å². The summed E-state index contributed by atoms with van der Waals surface area (Å²) in [6, 6.07) is 15.0. The lowest BCUT2D eigenvalue weighted by atomic mass is 9.53. The summed E-state index contributed by atoms with van der Waals surface area (Å²) >= 11 is 0. The highest BCUT2D eigenvalue weighted by Crippen LogP contribution is 2.22. The monoisotopic (exact) mass is 249 g/mol. The van der Waals surface area contributed by atoms with Gasteiger partial charge in [0.2, 0.25) is 0 Å². The van der Waals surface area contributed by atoms with Gasteiger partial charge in [-0.15, -0.1) is 0 Å². The molecule has 0 fully saturated rings. The number of pyridine rings is 1. The molecule has 2 nitrogen and oxygen atoms in total. The van der Waals surface area contributed by atoms with Gasteiger partial charge in [-0.05, 0) is 36.9 Å². The van der Waals surface area contributed by atoms with Crippen molar-refractivity contribution in [3.63, 3.8) is 0 Å². The fourth-order valence-corrected chi connectivity index (χ4v) is 2.91. The van der Waals surface area contributed by atoms with E-state index in [0.717, 1.165) is 0 Å². The number of hydrogen-bond donors (Lipinski definition) is 0. The molecule has 2 heterocycles. The molecule has 1 aliphatic heterocycles.